The molecule has 6 heteroatoms. The van der Waals surface area contributed by atoms with E-state index in [2.05, 4.69) is 24.5 Å². The lowest BCUT2D eigenvalue weighted by atomic mass is 10.1. The molecule has 2 N–H and O–H groups in total. The van der Waals surface area contributed by atoms with Crippen LogP contribution in [-0.2, 0) is 0 Å². The van der Waals surface area contributed by atoms with Gasteiger partial charge in [0.25, 0.3) is 11.8 Å². The summed E-state index contributed by atoms with van der Waals surface area (Å²) in [5, 5.41) is 5.79. The van der Waals surface area contributed by atoms with Crippen LogP contribution in [0.3, 0.4) is 0 Å². The molecule has 0 saturated carbocycles. The van der Waals surface area contributed by atoms with Gasteiger partial charge in [-0.25, -0.2) is 0 Å². The summed E-state index contributed by atoms with van der Waals surface area (Å²) in [5.41, 5.74) is 1.44. The SMILES string of the molecule is CCCCCCCCCCOc1ccc(C(=O)Nc2cc(C(=O)NCCCCC)ccc2OC)cc1. The minimum absolute atomic E-state index is 0.165. The first-order chi connectivity index (χ1) is 17.6. The van der Waals surface area contributed by atoms with E-state index in [1.807, 2.05) is 12.1 Å². The number of hydrogen-bond donors (Lipinski definition) is 2. The predicted octanol–water partition coefficient (Wildman–Crippen LogP) is 7.39. The second kappa shape index (κ2) is 17.4. The van der Waals surface area contributed by atoms with Crippen LogP contribution >= 0.6 is 0 Å². The van der Waals surface area contributed by atoms with Crippen molar-refractivity contribution in [2.75, 3.05) is 25.6 Å². The maximum atomic E-state index is 12.8. The minimum Gasteiger partial charge on any atom is -0.495 e. The lowest BCUT2D eigenvalue weighted by Gasteiger charge is -2.13. The number of anilines is 1. The van der Waals surface area contributed by atoms with Crippen molar-refractivity contribution >= 4 is 17.5 Å². The zero-order chi connectivity index (χ0) is 26.0. The molecule has 2 aromatic carbocycles. The molecule has 0 radical (unpaired) electrons. The van der Waals surface area contributed by atoms with Crippen molar-refractivity contribution in [3.05, 3.63) is 53.6 Å². The van der Waals surface area contributed by atoms with Gasteiger partial charge in [-0.15, -0.1) is 0 Å². The Morgan fingerprint density at radius 2 is 1.33 bits per heavy atom. The van der Waals surface area contributed by atoms with E-state index in [-0.39, 0.29) is 11.8 Å². The number of carbonyl (C=O) groups excluding carboxylic acids is 2. The molecule has 0 unspecified atom stereocenters. The summed E-state index contributed by atoms with van der Waals surface area (Å²) in [6, 6.07) is 12.2. The molecule has 0 aliphatic rings. The first-order valence-corrected chi connectivity index (χ1v) is 13.6. The first-order valence-electron chi connectivity index (χ1n) is 13.6. The number of amides is 2. The molecule has 198 valence electrons. The van der Waals surface area contributed by atoms with Gasteiger partial charge in [0.1, 0.15) is 11.5 Å². The van der Waals surface area contributed by atoms with E-state index in [0.29, 0.717) is 35.7 Å². The van der Waals surface area contributed by atoms with E-state index >= 15 is 0 Å². The third-order valence-electron chi connectivity index (χ3n) is 6.16. The third-order valence-corrected chi connectivity index (χ3v) is 6.16. The van der Waals surface area contributed by atoms with E-state index in [9.17, 15) is 9.59 Å². The number of unbranched alkanes of at least 4 members (excludes halogenated alkanes) is 9. The first kappa shape index (κ1) is 29.2. The molecular formula is C30H44N2O4. The van der Waals surface area contributed by atoms with Gasteiger partial charge in [0.05, 0.1) is 19.4 Å². The smallest absolute Gasteiger partial charge is 0.255 e. The number of nitrogens with one attached hydrogen (secondary N) is 2. The molecule has 36 heavy (non-hydrogen) atoms. The molecular weight excluding hydrogens is 452 g/mol. The Labute approximate surface area is 217 Å². The lowest BCUT2D eigenvalue weighted by Crippen LogP contribution is -2.24. The Balaban J connectivity index is 1.83. The van der Waals surface area contributed by atoms with Crippen molar-refractivity contribution in [3.63, 3.8) is 0 Å². The van der Waals surface area contributed by atoms with Crippen molar-refractivity contribution in [2.45, 2.75) is 84.5 Å². The highest BCUT2D eigenvalue weighted by molar-refractivity contribution is 6.06. The van der Waals surface area contributed by atoms with Crippen molar-refractivity contribution in [1.82, 2.24) is 5.32 Å². The maximum Gasteiger partial charge on any atom is 0.255 e. The molecule has 2 aromatic rings. The van der Waals surface area contributed by atoms with Crippen LogP contribution < -0.4 is 20.1 Å². The summed E-state index contributed by atoms with van der Waals surface area (Å²) < 4.78 is 11.2. The fraction of sp³-hybridized carbons (Fsp3) is 0.533. The number of hydrogen-bond acceptors (Lipinski definition) is 4. The Morgan fingerprint density at radius 1 is 0.722 bits per heavy atom. The van der Waals surface area contributed by atoms with Crippen LogP contribution in [0.15, 0.2) is 42.5 Å². The van der Waals surface area contributed by atoms with Crippen LogP contribution in [0.25, 0.3) is 0 Å². The van der Waals surface area contributed by atoms with Crippen LogP contribution in [0.1, 0.15) is 105 Å². The molecule has 0 spiro atoms. The van der Waals surface area contributed by atoms with Crippen LogP contribution in [0.5, 0.6) is 11.5 Å². The summed E-state index contributed by atoms with van der Waals surface area (Å²) in [4.78, 5) is 25.3. The molecule has 0 aromatic heterocycles. The van der Waals surface area contributed by atoms with E-state index in [4.69, 9.17) is 9.47 Å². The van der Waals surface area contributed by atoms with E-state index in [1.54, 1.807) is 30.3 Å². The summed E-state index contributed by atoms with van der Waals surface area (Å²) in [5.74, 6) is 0.815. The highest BCUT2D eigenvalue weighted by Gasteiger charge is 2.14. The van der Waals surface area contributed by atoms with Gasteiger partial charge in [-0.1, -0.05) is 71.6 Å². The van der Waals surface area contributed by atoms with E-state index in [0.717, 1.165) is 31.4 Å². The fourth-order valence-electron chi connectivity index (χ4n) is 3.95. The number of carbonyl (C=O) groups is 2. The van der Waals surface area contributed by atoms with Gasteiger partial charge >= 0.3 is 0 Å². The lowest BCUT2D eigenvalue weighted by molar-refractivity contribution is 0.0951. The predicted molar refractivity (Wildman–Crippen MR) is 147 cm³/mol. The fourth-order valence-corrected chi connectivity index (χ4v) is 3.95. The van der Waals surface area contributed by atoms with Crippen LogP contribution in [0.2, 0.25) is 0 Å². The van der Waals surface area contributed by atoms with Crippen LogP contribution in [0, 0.1) is 0 Å². The molecule has 0 aliphatic heterocycles. The maximum absolute atomic E-state index is 12.8. The Hall–Kier alpha value is -3.02. The molecule has 2 rings (SSSR count). The van der Waals surface area contributed by atoms with Gasteiger partial charge in [-0.2, -0.15) is 0 Å². The molecule has 0 bridgehead atoms. The zero-order valence-corrected chi connectivity index (χ0v) is 22.4. The second-order valence-corrected chi connectivity index (χ2v) is 9.18. The average Bonchev–Trinajstić information content (AvgIpc) is 2.90. The minimum atomic E-state index is -0.275. The van der Waals surface area contributed by atoms with E-state index < -0.39 is 0 Å². The molecule has 6 nitrogen and oxygen atoms in total. The number of rotatable bonds is 18. The molecule has 0 saturated heterocycles. The van der Waals surface area contributed by atoms with E-state index in [1.165, 1.54) is 52.1 Å². The van der Waals surface area contributed by atoms with Gasteiger partial charge in [0.15, 0.2) is 0 Å². The quantitative estimate of drug-likeness (QED) is 0.211. The van der Waals surface area contributed by atoms with Crippen molar-refractivity contribution in [1.29, 1.82) is 0 Å². The average molecular weight is 497 g/mol. The van der Waals surface area contributed by atoms with Crippen LogP contribution in [0.4, 0.5) is 5.69 Å². The van der Waals surface area contributed by atoms with Crippen LogP contribution in [-0.4, -0.2) is 32.1 Å². The molecule has 0 atom stereocenters. The van der Waals surface area contributed by atoms with Crippen molar-refractivity contribution in [2.24, 2.45) is 0 Å². The Bertz CT molecular complexity index is 912. The third kappa shape index (κ3) is 10.7. The standard InChI is InChI=1S/C30H44N2O4/c1-4-6-8-9-10-11-12-14-22-36-26-18-15-24(16-19-26)30(34)32-27-23-25(17-20-28(27)35-3)29(33)31-21-13-7-5-2/h15-20,23H,4-14,21-22H2,1-3H3,(H,31,33)(H,32,34). The highest BCUT2D eigenvalue weighted by atomic mass is 16.5. The number of ether oxygens (including phenoxy) is 2. The number of benzene rings is 2. The summed E-state index contributed by atoms with van der Waals surface area (Å²) in [7, 11) is 1.54. The second-order valence-electron chi connectivity index (χ2n) is 9.18. The Morgan fingerprint density at radius 3 is 2.00 bits per heavy atom. The molecule has 0 aliphatic carbocycles. The van der Waals surface area contributed by atoms with Crippen molar-refractivity contribution in [3.8, 4) is 11.5 Å². The molecule has 0 heterocycles. The highest BCUT2D eigenvalue weighted by Crippen LogP contribution is 2.26. The number of methoxy groups -OCH3 is 1. The van der Waals surface area contributed by atoms with Gasteiger partial charge < -0.3 is 20.1 Å². The molecule has 2 amide bonds. The summed E-state index contributed by atoms with van der Waals surface area (Å²) in [6.45, 7) is 5.68. The van der Waals surface area contributed by atoms with Gasteiger partial charge in [-0.05, 0) is 55.3 Å². The summed E-state index contributed by atoms with van der Waals surface area (Å²) >= 11 is 0. The molecule has 0 fully saturated rings. The van der Waals surface area contributed by atoms with Gasteiger partial charge in [-0.3, -0.25) is 9.59 Å². The Kier molecular flexibility index (Phi) is 14.1. The summed E-state index contributed by atoms with van der Waals surface area (Å²) in [6.07, 6.45) is 13.2. The van der Waals surface area contributed by atoms with Crippen molar-refractivity contribution < 1.29 is 19.1 Å². The monoisotopic (exact) mass is 496 g/mol. The zero-order valence-electron chi connectivity index (χ0n) is 22.4. The normalized spacial score (nSPS) is 10.6. The topological polar surface area (TPSA) is 76.7 Å². The largest absolute Gasteiger partial charge is 0.495 e. The van der Waals surface area contributed by atoms with Gasteiger partial charge in [0.2, 0.25) is 0 Å². The van der Waals surface area contributed by atoms with Gasteiger partial charge in [0, 0.05) is 17.7 Å².